The number of nitrogens with zero attached hydrogens (tertiary/aromatic N) is 1. The van der Waals surface area contributed by atoms with Crippen LogP contribution in [0.3, 0.4) is 0 Å². The molecule has 0 radical (unpaired) electrons. The van der Waals surface area contributed by atoms with Crippen LogP contribution in [0, 0.1) is 6.57 Å². The molecule has 0 N–H and O–H groups in total. The normalized spacial score (nSPS) is 15.6. The largest absolute Gasteiger partial charge is 0.472 e. The summed E-state index contributed by atoms with van der Waals surface area (Å²) in [6.45, 7) is 12.3. The highest BCUT2D eigenvalue weighted by Crippen LogP contribution is 2.60. The molecule has 0 aromatic heterocycles. The second-order valence-electron chi connectivity index (χ2n) is 10.6. The summed E-state index contributed by atoms with van der Waals surface area (Å²) in [4.78, 5) is 3.79. The van der Waals surface area contributed by atoms with Gasteiger partial charge in [0.1, 0.15) is 5.75 Å². The molecule has 1 heterocycles. The summed E-state index contributed by atoms with van der Waals surface area (Å²) in [5.74, 6) is 0.934. The Hall–Kier alpha value is -4.61. The molecule has 39 heavy (non-hydrogen) atoms. The van der Waals surface area contributed by atoms with E-state index in [-0.39, 0.29) is 5.41 Å². The van der Waals surface area contributed by atoms with Gasteiger partial charge in [-0.15, -0.1) is 0 Å². The topological polar surface area (TPSA) is 13.6 Å². The van der Waals surface area contributed by atoms with Crippen LogP contribution in [0.2, 0.25) is 0 Å². The Morgan fingerprint density at radius 1 is 0.744 bits per heavy atom. The van der Waals surface area contributed by atoms with Crippen molar-refractivity contribution >= 4 is 22.5 Å². The second kappa shape index (κ2) is 8.72. The average Bonchev–Trinajstić information content (AvgIpc) is 3.32. The van der Waals surface area contributed by atoms with Crippen LogP contribution in [0.4, 0.5) is 5.69 Å². The van der Waals surface area contributed by atoms with Gasteiger partial charge in [0.05, 0.1) is 6.57 Å². The molecule has 0 atom stereocenters. The summed E-state index contributed by atoms with van der Waals surface area (Å²) in [5.41, 5.74) is 8.28. The van der Waals surface area contributed by atoms with Crippen molar-refractivity contribution in [3.63, 3.8) is 0 Å². The molecule has 2 aliphatic rings. The minimum Gasteiger partial charge on any atom is -0.472 e. The zero-order chi connectivity index (χ0) is 26.6. The lowest BCUT2D eigenvalue weighted by Crippen LogP contribution is -2.35. The van der Waals surface area contributed by atoms with E-state index >= 15 is 0 Å². The third kappa shape index (κ3) is 3.14. The Morgan fingerprint density at radius 3 is 1.97 bits per heavy atom. The summed E-state index contributed by atoms with van der Waals surface area (Å²) in [6.07, 6.45) is 6.46. The lowest BCUT2D eigenvalue weighted by atomic mass is 9.71. The Balaban J connectivity index is 1.59. The quantitative estimate of drug-likeness (QED) is 0.223. The molecule has 1 aliphatic carbocycles. The van der Waals surface area contributed by atoms with Crippen molar-refractivity contribution in [1.29, 1.82) is 0 Å². The molecule has 5 aromatic carbocycles. The van der Waals surface area contributed by atoms with E-state index in [1.165, 1.54) is 27.6 Å². The molecule has 0 saturated heterocycles. The van der Waals surface area contributed by atoms with Gasteiger partial charge >= 0.3 is 0 Å². The maximum Gasteiger partial charge on any atom is 0.187 e. The van der Waals surface area contributed by atoms with Crippen LogP contribution in [-0.4, -0.2) is 0 Å². The van der Waals surface area contributed by atoms with E-state index in [1.54, 1.807) is 0 Å². The molecule has 0 bridgehead atoms. The molecule has 0 saturated carbocycles. The van der Waals surface area contributed by atoms with Gasteiger partial charge in [-0.2, -0.15) is 0 Å². The smallest absolute Gasteiger partial charge is 0.187 e. The first-order valence-corrected chi connectivity index (χ1v) is 13.8. The van der Waals surface area contributed by atoms with Crippen molar-refractivity contribution in [2.24, 2.45) is 0 Å². The monoisotopic (exact) mass is 503 g/mol. The van der Waals surface area contributed by atoms with Crippen LogP contribution in [0.5, 0.6) is 5.75 Å². The van der Waals surface area contributed by atoms with Crippen LogP contribution in [0.1, 0.15) is 54.5 Å². The van der Waals surface area contributed by atoms with E-state index in [9.17, 15) is 0 Å². The molecule has 5 aromatic rings. The van der Waals surface area contributed by atoms with Gasteiger partial charge in [0.15, 0.2) is 11.3 Å². The van der Waals surface area contributed by atoms with Crippen LogP contribution < -0.4 is 4.74 Å². The molecule has 0 spiro atoms. The Labute approximate surface area is 230 Å². The lowest BCUT2D eigenvalue weighted by molar-refractivity contribution is 0.163. The number of fused-ring (bicyclic) bond motifs is 8. The van der Waals surface area contributed by atoms with E-state index in [0.717, 1.165) is 40.7 Å². The molecular formula is C37H29NO. The van der Waals surface area contributed by atoms with Crippen molar-refractivity contribution in [3.8, 4) is 16.9 Å². The fraction of sp³-hybridized carbons (Fsp3) is 0.162. The summed E-state index contributed by atoms with van der Waals surface area (Å²) in [7, 11) is 0. The first-order valence-electron chi connectivity index (χ1n) is 13.8. The van der Waals surface area contributed by atoms with Crippen LogP contribution in [0.15, 0.2) is 109 Å². The maximum absolute atomic E-state index is 7.69. The van der Waals surface area contributed by atoms with Crippen LogP contribution in [-0.2, 0) is 11.0 Å². The fourth-order valence-corrected chi connectivity index (χ4v) is 7.05. The number of rotatable bonds is 4. The summed E-state index contributed by atoms with van der Waals surface area (Å²) in [6, 6.07) is 36.0. The van der Waals surface area contributed by atoms with E-state index in [4.69, 9.17) is 11.3 Å². The Bertz CT molecular complexity index is 1760. The molecule has 1 aliphatic heterocycles. The molecule has 0 fully saturated rings. The zero-order valence-corrected chi connectivity index (χ0v) is 22.2. The SMILES string of the molecule is [C-]#[N+]c1ccc2c(c1)C(CC)(CC)c1c3c(c4ccccc4c1-2)OC(c1ccccc1)(c1ccccc1)C=C3. The predicted octanol–water partition coefficient (Wildman–Crippen LogP) is 9.83. The van der Waals surface area contributed by atoms with Crippen molar-refractivity contribution in [2.75, 3.05) is 0 Å². The number of hydrogen-bond donors (Lipinski definition) is 0. The van der Waals surface area contributed by atoms with Gasteiger partial charge in [-0.1, -0.05) is 123 Å². The van der Waals surface area contributed by atoms with Gasteiger partial charge in [-0.3, -0.25) is 0 Å². The fourth-order valence-electron chi connectivity index (χ4n) is 7.05. The van der Waals surface area contributed by atoms with Gasteiger partial charge in [-0.25, -0.2) is 4.85 Å². The van der Waals surface area contributed by atoms with Gasteiger partial charge in [-0.05, 0) is 46.6 Å². The lowest BCUT2D eigenvalue weighted by Gasteiger charge is -2.39. The summed E-state index contributed by atoms with van der Waals surface area (Å²) < 4.78 is 7.32. The van der Waals surface area contributed by atoms with Gasteiger partial charge < -0.3 is 4.74 Å². The van der Waals surface area contributed by atoms with Crippen LogP contribution in [0.25, 0.3) is 32.8 Å². The van der Waals surface area contributed by atoms with Gasteiger partial charge in [0, 0.05) is 27.5 Å². The predicted molar refractivity (Wildman–Crippen MR) is 160 cm³/mol. The number of ether oxygens (including phenoxy) is 1. The first-order chi connectivity index (χ1) is 19.2. The average molecular weight is 504 g/mol. The number of benzene rings is 5. The zero-order valence-electron chi connectivity index (χ0n) is 22.2. The standard InChI is InChI=1S/C37H29NO/c1-4-36(5-2)32-24-27(38-3)20-21-30(32)33-28-18-12-13-19-29(28)35-31(34(33)36)22-23-37(39-35,25-14-8-6-9-15-25)26-16-10-7-11-17-26/h6-24H,4-5H2,1-2H3. The highest BCUT2D eigenvalue weighted by Gasteiger charge is 2.46. The van der Waals surface area contributed by atoms with E-state index in [0.29, 0.717) is 5.69 Å². The van der Waals surface area contributed by atoms with Crippen molar-refractivity contribution in [2.45, 2.75) is 37.7 Å². The summed E-state index contributed by atoms with van der Waals surface area (Å²) >= 11 is 0. The first kappa shape index (κ1) is 23.5. The third-order valence-electron chi connectivity index (χ3n) is 8.96. The molecular weight excluding hydrogens is 474 g/mol. The molecule has 0 amide bonds. The van der Waals surface area contributed by atoms with Crippen molar-refractivity contribution < 1.29 is 4.74 Å². The van der Waals surface area contributed by atoms with Gasteiger partial charge in [0.2, 0.25) is 0 Å². The Kier molecular flexibility index (Phi) is 5.25. The van der Waals surface area contributed by atoms with E-state index in [2.05, 4.69) is 128 Å². The highest BCUT2D eigenvalue weighted by atomic mass is 16.5. The summed E-state index contributed by atoms with van der Waals surface area (Å²) in [5, 5.41) is 2.33. The molecule has 7 rings (SSSR count). The second-order valence-corrected chi connectivity index (χ2v) is 10.6. The molecule has 2 nitrogen and oxygen atoms in total. The maximum atomic E-state index is 7.69. The van der Waals surface area contributed by atoms with Crippen LogP contribution >= 0.6 is 0 Å². The highest BCUT2D eigenvalue weighted by molar-refractivity contribution is 6.08. The van der Waals surface area contributed by atoms with Gasteiger partial charge in [0.25, 0.3) is 0 Å². The minimum absolute atomic E-state index is 0.188. The van der Waals surface area contributed by atoms with E-state index < -0.39 is 5.60 Å². The Morgan fingerprint density at radius 2 is 1.36 bits per heavy atom. The minimum atomic E-state index is -0.740. The molecule has 0 unspecified atom stereocenters. The number of hydrogen-bond acceptors (Lipinski definition) is 1. The van der Waals surface area contributed by atoms with E-state index in [1.807, 2.05) is 6.07 Å². The molecule has 2 heteroatoms. The van der Waals surface area contributed by atoms with Crippen molar-refractivity contribution in [3.05, 3.63) is 148 Å². The van der Waals surface area contributed by atoms with Crippen molar-refractivity contribution in [1.82, 2.24) is 0 Å². The molecule has 188 valence electrons. The third-order valence-corrected chi connectivity index (χ3v) is 8.96.